The number of hydrogen-bond acceptors (Lipinski definition) is 2. The number of rotatable bonds is 6. The lowest BCUT2D eigenvalue weighted by molar-refractivity contribution is -0.110. The van der Waals surface area contributed by atoms with Gasteiger partial charge in [0.25, 0.3) is 0 Å². The molecule has 0 aliphatic rings. The quantitative estimate of drug-likeness (QED) is 0.619. The minimum absolute atomic E-state index is 0.0638. The van der Waals surface area contributed by atoms with Gasteiger partial charge in [0, 0.05) is 18.1 Å². The summed E-state index contributed by atoms with van der Waals surface area (Å²) in [6.07, 6.45) is 2.07. The fraction of sp³-hybridized carbons (Fsp3) is 0.222. The molecule has 0 aliphatic carbocycles. The predicted molar refractivity (Wildman–Crippen MR) is 83.2 cm³/mol. The van der Waals surface area contributed by atoms with Gasteiger partial charge < -0.3 is 10.2 Å². The Labute approximate surface area is 120 Å². The zero-order valence-corrected chi connectivity index (χ0v) is 11.7. The summed E-state index contributed by atoms with van der Waals surface area (Å²) in [5, 5.41) is 7.92. The smallest absolute Gasteiger partial charge is 0.123 e. The molecule has 0 saturated heterocycles. The van der Waals surface area contributed by atoms with Crippen LogP contribution >= 0.6 is 0 Å². The Bertz CT molecular complexity index is 572. The second-order valence-corrected chi connectivity index (χ2v) is 5.16. The maximum absolute atomic E-state index is 10.6. The van der Waals surface area contributed by atoms with Crippen molar-refractivity contribution in [1.82, 2.24) is 0 Å². The van der Waals surface area contributed by atoms with Crippen molar-refractivity contribution in [2.45, 2.75) is 19.8 Å². The lowest BCUT2D eigenvalue weighted by atomic mass is 9.98. The van der Waals surface area contributed by atoms with Crippen molar-refractivity contribution in [2.24, 2.45) is 5.92 Å². The van der Waals surface area contributed by atoms with E-state index in [1.807, 2.05) is 25.1 Å². The van der Waals surface area contributed by atoms with Gasteiger partial charge in [-0.1, -0.05) is 61.5 Å². The van der Waals surface area contributed by atoms with Gasteiger partial charge in [0.15, 0.2) is 0 Å². The molecule has 102 valence electrons. The van der Waals surface area contributed by atoms with Gasteiger partial charge in [0.05, 0.1) is 0 Å². The first kappa shape index (κ1) is 14.2. The number of carbonyl (C=O) groups is 1. The molecule has 2 aromatic carbocycles. The van der Waals surface area contributed by atoms with E-state index in [0.29, 0.717) is 18.6 Å². The van der Waals surface area contributed by atoms with Crippen LogP contribution in [0.5, 0.6) is 0 Å². The summed E-state index contributed by atoms with van der Waals surface area (Å²) in [7, 11) is 0. The van der Waals surface area contributed by atoms with Crippen molar-refractivity contribution in [3.05, 3.63) is 60.2 Å². The van der Waals surface area contributed by atoms with E-state index in [-0.39, 0.29) is 5.92 Å². The van der Waals surface area contributed by atoms with Gasteiger partial charge in [-0.05, 0) is 23.1 Å². The molecule has 0 heterocycles. The molecule has 1 atom stereocenters. The van der Waals surface area contributed by atoms with Crippen LogP contribution in [0, 0.1) is 11.3 Å². The fourth-order valence-corrected chi connectivity index (χ4v) is 2.20. The van der Waals surface area contributed by atoms with E-state index in [0.717, 1.165) is 11.8 Å². The summed E-state index contributed by atoms with van der Waals surface area (Å²) in [5.74, 6) is -0.0638. The summed E-state index contributed by atoms with van der Waals surface area (Å²) < 4.78 is 0. The molecule has 0 bridgehead atoms. The van der Waals surface area contributed by atoms with Crippen molar-refractivity contribution in [3.8, 4) is 11.1 Å². The Morgan fingerprint density at radius 1 is 1.05 bits per heavy atom. The molecular formula is C18H19NO. The second kappa shape index (κ2) is 6.80. The maximum Gasteiger partial charge on any atom is 0.123 e. The van der Waals surface area contributed by atoms with E-state index >= 15 is 0 Å². The number of benzene rings is 2. The number of carbonyl (C=O) groups excluding carboxylic acids is 1. The van der Waals surface area contributed by atoms with Crippen LogP contribution < -0.4 is 0 Å². The average molecular weight is 265 g/mol. The van der Waals surface area contributed by atoms with Crippen molar-refractivity contribution in [3.63, 3.8) is 0 Å². The molecule has 0 saturated carbocycles. The molecule has 0 fully saturated rings. The lowest BCUT2D eigenvalue weighted by Gasteiger charge is -2.07. The van der Waals surface area contributed by atoms with Gasteiger partial charge >= 0.3 is 0 Å². The summed E-state index contributed by atoms with van der Waals surface area (Å²) >= 11 is 0. The molecule has 0 amide bonds. The molecule has 20 heavy (non-hydrogen) atoms. The Morgan fingerprint density at radius 3 is 2.25 bits per heavy atom. The molecule has 0 spiro atoms. The Kier molecular flexibility index (Phi) is 4.83. The summed E-state index contributed by atoms with van der Waals surface area (Å²) in [6, 6.07) is 18.5. The van der Waals surface area contributed by atoms with Crippen LogP contribution in [0.2, 0.25) is 0 Å². The van der Waals surface area contributed by atoms with Crippen LogP contribution in [-0.4, -0.2) is 12.0 Å². The predicted octanol–water partition coefficient (Wildman–Crippen LogP) is 4.14. The van der Waals surface area contributed by atoms with E-state index in [4.69, 9.17) is 5.41 Å². The van der Waals surface area contributed by atoms with Gasteiger partial charge in [-0.2, -0.15) is 0 Å². The SMILES string of the molecule is C[C@@H](C=O)CC(=N)Cc1ccc(-c2ccccc2)cc1. The standard InChI is InChI=1S/C18H19NO/c1-14(13-20)11-18(19)12-15-7-9-17(10-8-15)16-5-3-2-4-6-16/h2-10,13-14,19H,11-12H2,1H3/t14-/m1/s1. The van der Waals surface area contributed by atoms with Crippen molar-refractivity contribution in [1.29, 1.82) is 5.41 Å². The maximum atomic E-state index is 10.6. The molecule has 2 rings (SSSR count). The van der Waals surface area contributed by atoms with Gasteiger partial charge in [-0.25, -0.2) is 0 Å². The van der Waals surface area contributed by atoms with E-state index in [1.165, 1.54) is 11.1 Å². The van der Waals surface area contributed by atoms with Crippen molar-refractivity contribution in [2.75, 3.05) is 0 Å². The highest BCUT2D eigenvalue weighted by Gasteiger charge is 2.06. The number of aldehydes is 1. The van der Waals surface area contributed by atoms with Gasteiger partial charge in [-0.3, -0.25) is 0 Å². The molecule has 0 aromatic heterocycles. The first-order valence-electron chi connectivity index (χ1n) is 6.85. The molecule has 0 radical (unpaired) electrons. The Balaban J connectivity index is 2.02. The molecule has 2 nitrogen and oxygen atoms in total. The molecular weight excluding hydrogens is 246 g/mol. The van der Waals surface area contributed by atoms with E-state index in [9.17, 15) is 4.79 Å². The van der Waals surface area contributed by atoms with Crippen molar-refractivity contribution < 1.29 is 4.79 Å². The van der Waals surface area contributed by atoms with Crippen molar-refractivity contribution >= 4 is 12.0 Å². The monoisotopic (exact) mass is 265 g/mol. The van der Waals surface area contributed by atoms with E-state index in [2.05, 4.69) is 36.4 Å². The third-order valence-corrected chi connectivity index (χ3v) is 3.28. The first-order valence-corrected chi connectivity index (χ1v) is 6.85. The highest BCUT2D eigenvalue weighted by atomic mass is 16.1. The third kappa shape index (κ3) is 3.89. The molecule has 0 aliphatic heterocycles. The largest absolute Gasteiger partial charge is 0.309 e. The van der Waals surface area contributed by atoms with E-state index < -0.39 is 0 Å². The van der Waals surface area contributed by atoms with Crippen LogP contribution in [0.4, 0.5) is 0 Å². The Hall–Kier alpha value is -2.22. The number of hydrogen-bond donors (Lipinski definition) is 1. The molecule has 1 N–H and O–H groups in total. The zero-order chi connectivity index (χ0) is 14.4. The second-order valence-electron chi connectivity index (χ2n) is 5.16. The normalized spacial score (nSPS) is 11.8. The van der Waals surface area contributed by atoms with Crippen LogP contribution in [0.3, 0.4) is 0 Å². The zero-order valence-electron chi connectivity index (χ0n) is 11.7. The van der Waals surface area contributed by atoms with E-state index in [1.54, 1.807) is 0 Å². The fourth-order valence-electron chi connectivity index (χ4n) is 2.20. The molecule has 2 heteroatoms. The summed E-state index contributed by atoms with van der Waals surface area (Å²) in [4.78, 5) is 10.6. The third-order valence-electron chi connectivity index (χ3n) is 3.28. The van der Waals surface area contributed by atoms with Crippen LogP contribution in [0.15, 0.2) is 54.6 Å². The minimum Gasteiger partial charge on any atom is -0.309 e. The van der Waals surface area contributed by atoms with Crippen LogP contribution in [0.25, 0.3) is 11.1 Å². The average Bonchev–Trinajstić information content (AvgIpc) is 2.48. The number of nitrogens with one attached hydrogen (secondary N) is 1. The summed E-state index contributed by atoms with van der Waals surface area (Å²) in [6.45, 7) is 1.85. The topological polar surface area (TPSA) is 40.9 Å². The molecule has 0 unspecified atom stereocenters. The van der Waals surface area contributed by atoms with Crippen LogP contribution in [-0.2, 0) is 11.2 Å². The first-order chi connectivity index (χ1) is 9.69. The highest BCUT2D eigenvalue weighted by Crippen LogP contribution is 2.19. The minimum atomic E-state index is -0.0638. The van der Waals surface area contributed by atoms with Gasteiger partial charge in [-0.15, -0.1) is 0 Å². The summed E-state index contributed by atoms with van der Waals surface area (Å²) in [5.41, 5.74) is 4.11. The highest BCUT2D eigenvalue weighted by molar-refractivity contribution is 5.85. The van der Waals surface area contributed by atoms with Gasteiger partial charge in [0.2, 0.25) is 0 Å². The molecule has 2 aromatic rings. The lowest BCUT2D eigenvalue weighted by Crippen LogP contribution is -2.08. The Morgan fingerprint density at radius 2 is 1.65 bits per heavy atom. The van der Waals surface area contributed by atoms with Gasteiger partial charge in [0.1, 0.15) is 6.29 Å². The van der Waals surface area contributed by atoms with Crippen LogP contribution in [0.1, 0.15) is 18.9 Å².